The lowest BCUT2D eigenvalue weighted by molar-refractivity contribution is -0.121. The van der Waals surface area contributed by atoms with E-state index in [0.29, 0.717) is 23.2 Å². The lowest BCUT2D eigenvalue weighted by Crippen LogP contribution is -2.31. The summed E-state index contributed by atoms with van der Waals surface area (Å²) in [6.45, 7) is 0. The summed E-state index contributed by atoms with van der Waals surface area (Å²) in [5.74, 6) is 1.52. The van der Waals surface area contributed by atoms with Crippen molar-refractivity contribution in [1.29, 1.82) is 0 Å². The quantitative estimate of drug-likeness (QED) is 0.488. The van der Waals surface area contributed by atoms with Gasteiger partial charge in [0.1, 0.15) is 11.9 Å². The van der Waals surface area contributed by atoms with E-state index in [1.165, 1.54) is 0 Å². The van der Waals surface area contributed by atoms with Crippen molar-refractivity contribution in [2.45, 2.75) is 18.9 Å². The average molecular weight is 422 g/mol. The highest BCUT2D eigenvalue weighted by atomic mass is 35.5. The van der Waals surface area contributed by atoms with Crippen LogP contribution in [0.3, 0.4) is 0 Å². The van der Waals surface area contributed by atoms with Crippen LogP contribution in [0.15, 0.2) is 71.5 Å². The fraction of sp³-hybridized carbons (Fsp3) is 0.182. The summed E-state index contributed by atoms with van der Waals surface area (Å²) in [5, 5.41) is 7.67. The molecule has 0 radical (unpaired) electrons. The maximum absolute atomic E-state index is 12.7. The lowest BCUT2D eigenvalue weighted by Gasteiger charge is -2.19. The molecule has 0 saturated carbocycles. The highest BCUT2D eigenvalue weighted by Crippen LogP contribution is 2.23. The van der Waals surface area contributed by atoms with Crippen molar-refractivity contribution < 1.29 is 9.32 Å². The van der Waals surface area contributed by atoms with Gasteiger partial charge in [0, 0.05) is 42.9 Å². The topological polar surface area (TPSA) is 85.8 Å². The maximum Gasteiger partial charge on any atom is 0.227 e. The number of amides is 1. The normalized spacial score (nSPS) is 11.9. The number of carbonyl (C=O) groups excluding carboxylic acids is 1. The second kappa shape index (κ2) is 8.92. The Kier molecular flexibility index (Phi) is 5.90. The summed E-state index contributed by atoms with van der Waals surface area (Å²) in [5.41, 5.74) is 1.76. The number of rotatable bonds is 7. The molecule has 4 rings (SSSR count). The van der Waals surface area contributed by atoms with Gasteiger partial charge in [-0.2, -0.15) is 4.98 Å². The molecule has 0 spiro atoms. The van der Waals surface area contributed by atoms with E-state index in [4.69, 9.17) is 16.1 Å². The number of hydrogen-bond donors (Lipinski definition) is 1. The average Bonchev–Trinajstić information content (AvgIpc) is 3.41. The van der Waals surface area contributed by atoms with Gasteiger partial charge in [0.15, 0.2) is 0 Å². The molecule has 1 amide bonds. The molecule has 0 bridgehead atoms. The van der Waals surface area contributed by atoms with Crippen LogP contribution in [0, 0.1) is 0 Å². The van der Waals surface area contributed by atoms with Gasteiger partial charge >= 0.3 is 0 Å². The number of hydrogen-bond acceptors (Lipinski definition) is 5. The molecule has 2 aromatic heterocycles. The highest BCUT2D eigenvalue weighted by Gasteiger charge is 2.21. The number of halogens is 1. The van der Waals surface area contributed by atoms with Gasteiger partial charge in [-0.15, -0.1) is 0 Å². The fourth-order valence-electron chi connectivity index (χ4n) is 3.12. The molecule has 4 aromatic rings. The summed E-state index contributed by atoms with van der Waals surface area (Å²) < 4.78 is 7.17. The van der Waals surface area contributed by atoms with Crippen LogP contribution in [-0.2, 0) is 18.3 Å². The Hall–Kier alpha value is -3.45. The number of imidazole rings is 1. The Balaban J connectivity index is 1.44. The van der Waals surface area contributed by atoms with Crippen molar-refractivity contribution in [2.75, 3.05) is 0 Å². The molecule has 2 aromatic carbocycles. The molecule has 1 atom stereocenters. The second-order valence-corrected chi connectivity index (χ2v) is 7.26. The van der Waals surface area contributed by atoms with Gasteiger partial charge in [-0.25, -0.2) is 4.98 Å². The first kappa shape index (κ1) is 19.8. The van der Waals surface area contributed by atoms with Gasteiger partial charge in [-0.3, -0.25) is 4.79 Å². The number of nitrogens with one attached hydrogen (secondary N) is 1. The van der Waals surface area contributed by atoms with Crippen LogP contribution >= 0.6 is 11.6 Å². The van der Waals surface area contributed by atoms with Crippen LogP contribution < -0.4 is 5.32 Å². The third kappa shape index (κ3) is 4.58. The van der Waals surface area contributed by atoms with Gasteiger partial charge in [0.25, 0.3) is 0 Å². The molecular formula is C22H20ClN5O2. The third-order valence-corrected chi connectivity index (χ3v) is 4.94. The Morgan fingerprint density at radius 2 is 1.93 bits per heavy atom. The minimum Gasteiger partial charge on any atom is -0.342 e. The van der Waals surface area contributed by atoms with E-state index >= 15 is 0 Å². The molecule has 7 nitrogen and oxygen atoms in total. The smallest absolute Gasteiger partial charge is 0.227 e. The summed E-state index contributed by atoms with van der Waals surface area (Å²) in [6, 6.07) is 16.5. The van der Waals surface area contributed by atoms with E-state index in [2.05, 4.69) is 20.4 Å². The standard InChI is InChI=1S/C22H20ClN5O2/c1-28-14-13-24-22(28)20(15-7-9-17(23)10-8-15)25-18(29)11-12-19-26-21(27-30-19)16-5-3-2-4-6-16/h2-10,13-14,20H,11-12H2,1H3,(H,25,29)/t20-/m0/s1. The molecule has 0 fully saturated rings. The van der Waals surface area contributed by atoms with Crippen LogP contribution in [0.4, 0.5) is 0 Å². The fourth-order valence-corrected chi connectivity index (χ4v) is 3.25. The molecule has 0 unspecified atom stereocenters. The number of aryl methyl sites for hydroxylation is 2. The zero-order chi connectivity index (χ0) is 20.9. The minimum absolute atomic E-state index is 0.141. The number of aromatic nitrogens is 4. The van der Waals surface area contributed by atoms with E-state index in [9.17, 15) is 4.79 Å². The van der Waals surface area contributed by atoms with Crippen molar-refractivity contribution in [3.8, 4) is 11.4 Å². The first-order chi connectivity index (χ1) is 14.6. The predicted octanol–water partition coefficient (Wildman–Crippen LogP) is 3.96. The Labute approximate surface area is 178 Å². The van der Waals surface area contributed by atoms with Crippen molar-refractivity contribution in [3.05, 3.63) is 89.3 Å². The zero-order valence-corrected chi connectivity index (χ0v) is 17.1. The van der Waals surface area contributed by atoms with Crippen molar-refractivity contribution >= 4 is 17.5 Å². The van der Waals surface area contributed by atoms with Crippen LogP contribution in [-0.4, -0.2) is 25.6 Å². The Morgan fingerprint density at radius 3 is 2.63 bits per heavy atom. The van der Waals surface area contributed by atoms with Crippen molar-refractivity contribution in [2.24, 2.45) is 7.05 Å². The molecule has 30 heavy (non-hydrogen) atoms. The van der Waals surface area contributed by atoms with Gasteiger partial charge in [0.2, 0.25) is 17.6 Å². The monoisotopic (exact) mass is 421 g/mol. The first-order valence-electron chi connectivity index (χ1n) is 9.50. The van der Waals surface area contributed by atoms with E-state index in [-0.39, 0.29) is 12.3 Å². The van der Waals surface area contributed by atoms with Crippen molar-refractivity contribution in [1.82, 2.24) is 25.0 Å². The van der Waals surface area contributed by atoms with Crippen LogP contribution in [0.25, 0.3) is 11.4 Å². The second-order valence-electron chi connectivity index (χ2n) is 6.83. The van der Waals surface area contributed by atoms with Crippen LogP contribution in [0.5, 0.6) is 0 Å². The molecule has 152 valence electrons. The molecule has 0 saturated heterocycles. The van der Waals surface area contributed by atoms with E-state index in [1.807, 2.05) is 60.3 Å². The highest BCUT2D eigenvalue weighted by molar-refractivity contribution is 6.30. The summed E-state index contributed by atoms with van der Waals surface area (Å²) >= 11 is 6.01. The van der Waals surface area contributed by atoms with Gasteiger partial charge in [-0.1, -0.05) is 59.2 Å². The minimum atomic E-state index is -0.391. The van der Waals surface area contributed by atoms with Gasteiger partial charge < -0.3 is 14.4 Å². The predicted molar refractivity (Wildman–Crippen MR) is 113 cm³/mol. The summed E-state index contributed by atoms with van der Waals surface area (Å²) in [4.78, 5) is 21.5. The number of nitrogens with zero attached hydrogens (tertiary/aromatic N) is 4. The van der Waals surface area contributed by atoms with Crippen LogP contribution in [0.1, 0.15) is 29.7 Å². The van der Waals surface area contributed by atoms with Gasteiger partial charge in [-0.05, 0) is 17.7 Å². The molecular weight excluding hydrogens is 402 g/mol. The SMILES string of the molecule is Cn1ccnc1[C@@H](NC(=O)CCc1nc(-c2ccccc2)no1)c1ccc(Cl)cc1. The molecule has 0 aliphatic heterocycles. The lowest BCUT2D eigenvalue weighted by atomic mass is 10.1. The van der Waals surface area contributed by atoms with E-state index in [1.54, 1.807) is 18.3 Å². The largest absolute Gasteiger partial charge is 0.342 e. The zero-order valence-electron chi connectivity index (χ0n) is 16.3. The molecule has 0 aliphatic rings. The summed E-state index contributed by atoms with van der Waals surface area (Å²) in [7, 11) is 1.89. The molecule has 0 aliphatic carbocycles. The van der Waals surface area contributed by atoms with Crippen LogP contribution in [0.2, 0.25) is 5.02 Å². The first-order valence-corrected chi connectivity index (χ1v) is 9.88. The van der Waals surface area contributed by atoms with Crippen molar-refractivity contribution in [3.63, 3.8) is 0 Å². The summed E-state index contributed by atoms with van der Waals surface area (Å²) in [6.07, 6.45) is 4.10. The molecule has 2 heterocycles. The van der Waals surface area contributed by atoms with E-state index < -0.39 is 6.04 Å². The maximum atomic E-state index is 12.7. The third-order valence-electron chi connectivity index (χ3n) is 4.69. The number of carbonyl (C=O) groups is 1. The Bertz CT molecular complexity index is 1120. The molecule has 8 heteroatoms. The molecule has 1 N–H and O–H groups in total. The Morgan fingerprint density at radius 1 is 1.17 bits per heavy atom. The number of benzene rings is 2. The van der Waals surface area contributed by atoms with E-state index in [0.717, 1.165) is 17.0 Å². The van der Waals surface area contributed by atoms with Gasteiger partial charge in [0.05, 0.1) is 0 Å².